The lowest BCUT2D eigenvalue weighted by atomic mass is 10.1. The van der Waals surface area contributed by atoms with E-state index in [4.69, 9.17) is 11.6 Å². The Kier molecular flexibility index (Phi) is 5.10. The van der Waals surface area contributed by atoms with Crippen molar-refractivity contribution in [1.82, 2.24) is 4.31 Å². The average molecular weight is 417 g/mol. The van der Waals surface area contributed by atoms with Crippen LogP contribution in [0.1, 0.15) is 17.3 Å². The molecule has 1 atom stereocenters. The zero-order valence-electron chi connectivity index (χ0n) is 14.8. The minimum absolute atomic E-state index is 0.221. The number of rotatable bonds is 4. The van der Waals surface area contributed by atoms with Gasteiger partial charge < -0.3 is 5.32 Å². The molecule has 28 heavy (non-hydrogen) atoms. The minimum Gasteiger partial charge on any atom is -0.364 e. The Morgan fingerprint density at radius 2 is 1.75 bits per heavy atom. The number of para-hydroxylation sites is 1. The van der Waals surface area contributed by atoms with Crippen molar-refractivity contribution in [3.8, 4) is 0 Å². The highest BCUT2D eigenvalue weighted by Gasteiger charge is 2.38. The molecular formula is C21H18ClFN2O2S. The van der Waals surface area contributed by atoms with Gasteiger partial charge in [-0.15, -0.1) is 0 Å². The molecule has 0 aliphatic carbocycles. The fourth-order valence-corrected chi connectivity index (χ4v) is 5.18. The van der Waals surface area contributed by atoms with Gasteiger partial charge in [-0.1, -0.05) is 48.0 Å². The Balaban J connectivity index is 1.73. The molecule has 1 aliphatic rings. The summed E-state index contributed by atoms with van der Waals surface area (Å²) in [6.45, 7) is 0.243. The molecule has 4 rings (SSSR count). The summed E-state index contributed by atoms with van der Waals surface area (Å²) >= 11 is 5.93. The molecule has 1 aliphatic heterocycles. The number of benzene rings is 3. The summed E-state index contributed by atoms with van der Waals surface area (Å²) in [6.07, 6.45) is -0.186. The molecule has 0 amide bonds. The maximum Gasteiger partial charge on any atom is 0.247 e. The van der Waals surface area contributed by atoms with Crippen molar-refractivity contribution in [2.24, 2.45) is 0 Å². The molecule has 3 aromatic rings. The molecule has 0 saturated carbocycles. The Morgan fingerprint density at radius 1 is 1.00 bits per heavy atom. The maximum absolute atomic E-state index is 13.8. The van der Waals surface area contributed by atoms with Crippen LogP contribution < -0.4 is 5.32 Å². The molecule has 0 saturated heterocycles. The van der Waals surface area contributed by atoms with E-state index in [1.807, 2.05) is 12.1 Å². The summed E-state index contributed by atoms with van der Waals surface area (Å²) in [6, 6.07) is 20.1. The van der Waals surface area contributed by atoms with Crippen LogP contribution in [0.4, 0.5) is 10.1 Å². The fourth-order valence-electron chi connectivity index (χ4n) is 3.36. The Labute approximate surface area is 168 Å². The van der Waals surface area contributed by atoms with Gasteiger partial charge in [0, 0.05) is 11.6 Å². The summed E-state index contributed by atoms with van der Waals surface area (Å²) in [4.78, 5) is 0.221. The summed E-state index contributed by atoms with van der Waals surface area (Å²) in [7, 11) is -3.75. The first-order valence-electron chi connectivity index (χ1n) is 8.82. The van der Waals surface area contributed by atoms with Crippen LogP contribution in [-0.2, 0) is 16.4 Å². The van der Waals surface area contributed by atoms with E-state index in [-0.39, 0.29) is 11.4 Å². The lowest BCUT2D eigenvalue weighted by Crippen LogP contribution is -2.43. The van der Waals surface area contributed by atoms with E-state index in [0.717, 1.165) is 5.56 Å². The Hall–Kier alpha value is -2.41. The molecule has 0 aromatic heterocycles. The van der Waals surface area contributed by atoms with Crippen molar-refractivity contribution >= 4 is 27.3 Å². The molecular weight excluding hydrogens is 399 g/mol. The second-order valence-corrected chi connectivity index (χ2v) is 8.89. The highest BCUT2D eigenvalue weighted by molar-refractivity contribution is 7.89. The molecule has 1 unspecified atom stereocenters. The molecule has 7 heteroatoms. The second kappa shape index (κ2) is 7.54. The first-order valence-corrected chi connectivity index (χ1v) is 10.6. The number of halogens is 2. The molecule has 1 heterocycles. The van der Waals surface area contributed by atoms with Crippen molar-refractivity contribution in [3.05, 3.63) is 94.8 Å². The highest BCUT2D eigenvalue weighted by atomic mass is 35.5. The van der Waals surface area contributed by atoms with Crippen molar-refractivity contribution in [3.63, 3.8) is 0 Å². The van der Waals surface area contributed by atoms with Gasteiger partial charge in [0.2, 0.25) is 10.0 Å². The highest BCUT2D eigenvalue weighted by Crippen LogP contribution is 2.38. The fraction of sp³-hybridized carbons (Fsp3) is 0.143. The van der Waals surface area contributed by atoms with E-state index < -0.39 is 22.0 Å². The van der Waals surface area contributed by atoms with Crippen molar-refractivity contribution in [1.29, 1.82) is 0 Å². The molecule has 0 fully saturated rings. The SMILES string of the molecule is O=S1(=O)c2ccccc2NC(c2cccc(F)c2)N1CCc1ccc(Cl)cc1. The van der Waals surface area contributed by atoms with Gasteiger partial charge in [-0.25, -0.2) is 12.8 Å². The largest absolute Gasteiger partial charge is 0.364 e. The van der Waals surface area contributed by atoms with E-state index in [1.54, 1.807) is 48.5 Å². The number of hydrogen-bond acceptors (Lipinski definition) is 3. The molecule has 0 radical (unpaired) electrons. The quantitative estimate of drug-likeness (QED) is 0.662. The van der Waals surface area contributed by atoms with Crippen LogP contribution in [0.5, 0.6) is 0 Å². The zero-order valence-corrected chi connectivity index (χ0v) is 16.4. The normalized spacial score (nSPS) is 18.3. The van der Waals surface area contributed by atoms with Gasteiger partial charge in [0.15, 0.2) is 0 Å². The van der Waals surface area contributed by atoms with Crippen LogP contribution in [-0.4, -0.2) is 19.3 Å². The van der Waals surface area contributed by atoms with Gasteiger partial charge in [-0.3, -0.25) is 0 Å². The third-order valence-corrected chi connectivity index (χ3v) is 6.93. The van der Waals surface area contributed by atoms with Crippen LogP contribution in [0.15, 0.2) is 77.7 Å². The lowest BCUT2D eigenvalue weighted by molar-refractivity contribution is 0.344. The zero-order chi connectivity index (χ0) is 19.7. The molecule has 4 nitrogen and oxygen atoms in total. The van der Waals surface area contributed by atoms with Gasteiger partial charge >= 0.3 is 0 Å². The number of fused-ring (bicyclic) bond motifs is 1. The summed E-state index contributed by atoms with van der Waals surface area (Å²) < 4.78 is 41.8. The van der Waals surface area contributed by atoms with Crippen LogP contribution >= 0.6 is 11.6 Å². The topological polar surface area (TPSA) is 49.4 Å². The predicted molar refractivity (Wildman–Crippen MR) is 108 cm³/mol. The molecule has 144 valence electrons. The molecule has 3 aromatic carbocycles. The van der Waals surface area contributed by atoms with E-state index in [2.05, 4.69) is 5.32 Å². The maximum atomic E-state index is 13.8. The van der Waals surface area contributed by atoms with E-state index in [9.17, 15) is 12.8 Å². The van der Waals surface area contributed by atoms with Gasteiger partial charge in [0.05, 0.1) is 5.69 Å². The first kappa shape index (κ1) is 18.9. The number of nitrogens with one attached hydrogen (secondary N) is 1. The van der Waals surface area contributed by atoms with E-state index >= 15 is 0 Å². The van der Waals surface area contributed by atoms with Crippen LogP contribution in [0.3, 0.4) is 0 Å². The van der Waals surface area contributed by atoms with Crippen LogP contribution in [0, 0.1) is 5.82 Å². The van der Waals surface area contributed by atoms with Crippen molar-refractivity contribution in [2.75, 3.05) is 11.9 Å². The number of hydrogen-bond donors (Lipinski definition) is 1. The monoisotopic (exact) mass is 416 g/mol. The van der Waals surface area contributed by atoms with Crippen LogP contribution in [0.25, 0.3) is 0 Å². The van der Waals surface area contributed by atoms with Gasteiger partial charge in [0.1, 0.15) is 16.9 Å². The van der Waals surface area contributed by atoms with Gasteiger partial charge in [-0.2, -0.15) is 4.31 Å². The average Bonchev–Trinajstić information content (AvgIpc) is 2.68. The summed E-state index contributed by atoms with van der Waals surface area (Å²) in [5, 5.41) is 3.88. The lowest BCUT2D eigenvalue weighted by Gasteiger charge is -2.37. The first-order chi connectivity index (χ1) is 13.4. The Morgan fingerprint density at radius 3 is 2.50 bits per heavy atom. The molecule has 0 bridgehead atoms. The van der Waals surface area contributed by atoms with E-state index in [0.29, 0.717) is 22.7 Å². The van der Waals surface area contributed by atoms with Crippen LogP contribution in [0.2, 0.25) is 5.02 Å². The summed E-state index contributed by atoms with van der Waals surface area (Å²) in [5.41, 5.74) is 2.03. The minimum atomic E-state index is -3.75. The van der Waals surface area contributed by atoms with E-state index in [1.165, 1.54) is 16.4 Å². The number of nitrogens with zero attached hydrogens (tertiary/aromatic N) is 1. The third-order valence-electron chi connectivity index (χ3n) is 4.75. The third kappa shape index (κ3) is 3.63. The van der Waals surface area contributed by atoms with Gasteiger partial charge in [0.25, 0.3) is 0 Å². The summed E-state index contributed by atoms with van der Waals surface area (Å²) in [5.74, 6) is -0.409. The molecule has 0 spiro atoms. The Bertz CT molecular complexity index is 1100. The van der Waals surface area contributed by atoms with Crippen molar-refractivity contribution < 1.29 is 12.8 Å². The number of sulfonamides is 1. The smallest absolute Gasteiger partial charge is 0.247 e. The number of anilines is 1. The van der Waals surface area contributed by atoms with Gasteiger partial charge in [-0.05, 0) is 53.9 Å². The van der Waals surface area contributed by atoms with Crippen molar-refractivity contribution in [2.45, 2.75) is 17.5 Å². The standard InChI is InChI=1S/C21H18ClFN2O2S/c22-17-10-8-15(9-11-17)12-13-25-21(16-4-3-5-18(23)14-16)24-19-6-1-2-7-20(19)28(25,26)27/h1-11,14,21,24H,12-13H2. The predicted octanol–water partition coefficient (Wildman–Crippen LogP) is 4.84. The second-order valence-electron chi connectivity index (χ2n) is 6.59. The molecule has 1 N–H and O–H groups in total.